The summed E-state index contributed by atoms with van der Waals surface area (Å²) in [6.07, 6.45) is -0.694. The van der Waals surface area contributed by atoms with Crippen LogP contribution >= 0.6 is 11.6 Å². The van der Waals surface area contributed by atoms with Gasteiger partial charge in [0.15, 0.2) is 5.82 Å². The number of hydrazine groups is 1. The lowest BCUT2D eigenvalue weighted by Gasteiger charge is -2.27. The SMILES string of the molecule is CC(C)(COc1ccc(NN)nn1)NCC(O)COc1ccccc1Cl. The molecule has 0 aliphatic rings. The predicted octanol–water partition coefficient (Wildman–Crippen LogP) is 1.60. The van der Waals surface area contributed by atoms with Crippen LogP contribution in [0, 0.1) is 0 Å². The number of aliphatic hydroxyl groups excluding tert-OH is 1. The lowest BCUT2D eigenvalue weighted by Crippen LogP contribution is -2.48. The summed E-state index contributed by atoms with van der Waals surface area (Å²) in [7, 11) is 0. The molecule has 1 aromatic heterocycles. The summed E-state index contributed by atoms with van der Waals surface area (Å²) in [5.41, 5.74) is 2.01. The van der Waals surface area contributed by atoms with Crippen LogP contribution in [0.2, 0.25) is 5.02 Å². The highest BCUT2D eigenvalue weighted by atomic mass is 35.5. The molecule has 2 aromatic rings. The molecular formula is C17H24ClN5O3. The zero-order valence-electron chi connectivity index (χ0n) is 14.8. The molecule has 5 N–H and O–H groups in total. The second kappa shape index (κ2) is 9.54. The molecule has 2 rings (SSSR count). The number of ether oxygens (including phenoxy) is 2. The molecule has 9 heteroatoms. The van der Waals surface area contributed by atoms with Crippen molar-refractivity contribution < 1.29 is 14.6 Å². The van der Waals surface area contributed by atoms with Gasteiger partial charge in [-0.1, -0.05) is 23.7 Å². The van der Waals surface area contributed by atoms with Gasteiger partial charge < -0.3 is 25.3 Å². The van der Waals surface area contributed by atoms with Gasteiger partial charge in [0.2, 0.25) is 5.88 Å². The standard InChI is InChI=1S/C17H24ClN5O3/c1-17(2,11-26-16-8-7-15(21-19)22-23-16)20-9-12(24)10-25-14-6-4-3-5-13(14)18/h3-8,12,20,24H,9-11,19H2,1-2H3,(H,21,22). The first-order valence-corrected chi connectivity index (χ1v) is 8.51. The van der Waals surface area contributed by atoms with E-state index in [0.29, 0.717) is 35.6 Å². The Bertz CT molecular complexity index is 684. The van der Waals surface area contributed by atoms with Crippen molar-refractivity contribution in [2.24, 2.45) is 5.84 Å². The summed E-state index contributed by atoms with van der Waals surface area (Å²) in [6.45, 7) is 4.72. The van der Waals surface area contributed by atoms with Gasteiger partial charge in [-0.05, 0) is 32.0 Å². The second-order valence-corrected chi connectivity index (χ2v) is 6.76. The molecule has 1 heterocycles. The van der Waals surface area contributed by atoms with Crippen LogP contribution in [0.1, 0.15) is 13.8 Å². The number of anilines is 1. The molecule has 8 nitrogen and oxygen atoms in total. The maximum absolute atomic E-state index is 10.1. The Morgan fingerprint density at radius 2 is 1.96 bits per heavy atom. The number of aliphatic hydroxyl groups is 1. The number of nitrogens with one attached hydrogen (secondary N) is 2. The predicted molar refractivity (Wildman–Crippen MR) is 100 cm³/mol. The summed E-state index contributed by atoms with van der Waals surface area (Å²) >= 11 is 6.02. The fraction of sp³-hybridized carbons (Fsp3) is 0.412. The van der Waals surface area contributed by atoms with E-state index in [-0.39, 0.29) is 6.61 Å². The Hall–Kier alpha value is -2.13. The molecule has 1 atom stereocenters. The highest BCUT2D eigenvalue weighted by Gasteiger charge is 2.20. The van der Waals surface area contributed by atoms with E-state index in [1.165, 1.54) is 0 Å². The topological polar surface area (TPSA) is 115 Å². The van der Waals surface area contributed by atoms with E-state index in [0.717, 1.165) is 0 Å². The van der Waals surface area contributed by atoms with Crippen molar-refractivity contribution in [1.82, 2.24) is 15.5 Å². The van der Waals surface area contributed by atoms with Gasteiger partial charge in [0.25, 0.3) is 0 Å². The summed E-state index contributed by atoms with van der Waals surface area (Å²) in [5, 5.41) is 21.6. The molecule has 0 bridgehead atoms. The van der Waals surface area contributed by atoms with E-state index in [4.69, 9.17) is 26.9 Å². The van der Waals surface area contributed by atoms with Crippen molar-refractivity contribution in [2.75, 3.05) is 25.2 Å². The number of aromatic nitrogens is 2. The molecule has 1 aromatic carbocycles. The third kappa shape index (κ3) is 6.64. The second-order valence-electron chi connectivity index (χ2n) is 6.35. The van der Waals surface area contributed by atoms with Gasteiger partial charge >= 0.3 is 0 Å². The first-order valence-electron chi connectivity index (χ1n) is 8.13. The van der Waals surface area contributed by atoms with E-state index in [9.17, 15) is 5.11 Å². The van der Waals surface area contributed by atoms with Gasteiger partial charge in [0, 0.05) is 18.2 Å². The molecule has 0 aliphatic carbocycles. The van der Waals surface area contributed by atoms with E-state index >= 15 is 0 Å². The number of nitrogens with zero attached hydrogens (tertiary/aromatic N) is 2. The van der Waals surface area contributed by atoms with E-state index in [2.05, 4.69) is 20.9 Å². The average Bonchev–Trinajstić information content (AvgIpc) is 2.65. The van der Waals surface area contributed by atoms with Gasteiger partial charge in [-0.15, -0.1) is 10.2 Å². The summed E-state index contributed by atoms with van der Waals surface area (Å²) in [4.78, 5) is 0. The molecule has 0 fully saturated rings. The van der Waals surface area contributed by atoms with Crippen LogP contribution in [0.4, 0.5) is 5.82 Å². The van der Waals surface area contributed by atoms with Crippen molar-refractivity contribution in [1.29, 1.82) is 0 Å². The summed E-state index contributed by atoms with van der Waals surface area (Å²) < 4.78 is 11.1. The van der Waals surface area contributed by atoms with Crippen LogP contribution in [0.5, 0.6) is 11.6 Å². The molecule has 142 valence electrons. The van der Waals surface area contributed by atoms with Crippen LogP contribution in [-0.4, -0.2) is 46.7 Å². The fourth-order valence-corrected chi connectivity index (χ4v) is 2.17. The Kier molecular flexibility index (Phi) is 7.40. The van der Waals surface area contributed by atoms with E-state index < -0.39 is 11.6 Å². The number of hydrogen-bond acceptors (Lipinski definition) is 8. The lowest BCUT2D eigenvalue weighted by atomic mass is 10.1. The fourth-order valence-electron chi connectivity index (χ4n) is 1.98. The molecule has 0 radical (unpaired) electrons. The minimum absolute atomic E-state index is 0.132. The first kappa shape index (κ1) is 20.2. The first-order chi connectivity index (χ1) is 12.4. The number of hydrogen-bond donors (Lipinski definition) is 4. The van der Waals surface area contributed by atoms with Crippen LogP contribution < -0.4 is 26.1 Å². The van der Waals surface area contributed by atoms with E-state index in [1.54, 1.807) is 24.3 Å². The minimum Gasteiger partial charge on any atom is -0.489 e. The smallest absolute Gasteiger partial charge is 0.233 e. The lowest BCUT2D eigenvalue weighted by molar-refractivity contribution is 0.0923. The number of β-amino-alcohol motifs (C(OH)–C–C–N with tert-alkyl or cyclic N) is 1. The molecule has 0 amide bonds. The third-order valence-corrected chi connectivity index (χ3v) is 3.77. The molecule has 0 saturated heterocycles. The maximum atomic E-state index is 10.1. The van der Waals surface area contributed by atoms with Crippen molar-refractivity contribution >= 4 is 17.4 Å². The van der Waals surface area contributed by atoms with E-state index in [1.807, 2.05) is 26.0 Å². The van der Waals surface area contributed by atoms with Crippen LogP contribution in [0.3, 0.4) is 0 Å². The summed E-state index contributed by atoms with van der Waals surface area (Å²) in [5.74, 6) is 6.63. The number of nitrogen functional groups attached to an aromatic ring is 1. The molecule has 0 aliphatic heterocycles. The van der Waals surface area contributed by atoms with Crippen molar-refractivity contribution in [3.63, 3.8) is 0 Å². The molecule has 1 unspecified atom stereocenters. The molecule has 26 heavy (non-hydrogen) atoms. The number of halogens is 1. The van der Waals surface area contributed by atoms with Crippen LogP contribution in [-0.2, 0) is 0 Å². The van der Waals surface area contributed by atoms with Crippen LogP contribution in [0.15, 0.2) is 36.4 Å². The quantitative estimate of drug-likeness (QED) is 0.362. The number of para-hydroxylation sites is 1. The van der Waals surface area contributed by atoms with Gasteiger partial charge in [-0.2, -0.15) is 0 Å². The van der Waals surface area contributed by atoms with Gasteiger partial charge in [-0.25, -0.2) is 5.84 Å². The number of nitrogens with two attached hydrogens (primary N) is 1. The van der Waals surface area contributed by atoms with Gasteiger partial charge in [0.05, 0.1) is 5.02 Å². The molecule has 0 spiro atoms. The van der Waals surface area contributed by atoms with Gasteiger partial charge in [-0.3, -0.25) is 0 Å². The Labute approximate surface area is 157 Å². The third-order valence-electron chi connectivity index (χ3n) is 3.45. The monoisotopic (exact) mass is 381 g/mol. The largest absolute Gasteiger partial charge is 0.489 e. The van der Waals surface area contributed by atoms with Crippen molar-refractivity contribution in [3.8, 4) is 11.6 Å². The number of benzene rings is 1. The highest BCUT2D eigenvalue weighted by Crippen LogP contribution is 2.23. The number of rotatable bonds is 10. The minimum atomic E-state index is -0.694. The Morgan fingerprint density at radius 1 is 1.19 bits per heavy atom. The van der Waals surface area contributed by atoms with Gasteiger partial charge in [0.1, 0.15) is 25.1 Å². The average molecular weight is 382 g/mol. The summed E-state index contributed by atoms with van der Waals surface area (Å²) in [6, 6.07) is 10.5. The van der Waals surface area contributed by atoms with Crippen LogP contribution in [0.25, 0.3) is 0 Å². The Morgan fingerprint density at radius 3 is 2.62 bits per heavy atom. The molecular weight excluding hydrogens is 358 g/mol. The highest BCUT2D eigenvalue weighted by molar-refractivity contribution is 6.32. The normalized spacial score (nSPS) is 12.5. The maximum Gasteiger partial charge on any atom is 0.233 e. The van der Waals surface area contributed by atoms with Crippen molar-refractivity contribution in [2.45, 2.75) is 25.5 Å². The Balaban J connectivity index is 1.72. The zero-order chi connectivity index (χ0) is 19.0. The zero-order valence-corrected chi connectivity index (χ0v) is 15.5. The van der Waals surface area contributed by atoms with Crippen molar-refractivity contribution in [3.05, 3.63) is 41.4 Å². The molecule has 0 saturated carbocycles.